The molecule has 2 aromatic heterocycles. The molecule has 6 nitrogen and oxygen atoms in total. The van der Waals surface area contributed by atoms with Crippen molar-refractivity contribution in [2.45, 2.75) is 51.7 Å². The first kappa shape index (κ1) is 25.3. The standard InChI is InChI=1S/C28H34N2O4S2/c1-18-17-35-28-9-8-21(14-24(18)28)22-10-11-30(20(3)13-22)15-23(34-36(4,31)32)16-33-27-7-5-6-26-25(27)12-19(2)29-26/h5-9,12,14,17,20,22-23,29H,10-11,13,15-16H2,1-4H3/t20-,22+,23-/m0/s1. The van der Waals surface area contributed by atoms with Crippen LogP contribution in [0.5, 0.6) is 5.75 Å². The van der Waals surface area contributed by atoms with Crippen LogP contribution in [0.2, 0.25) is 0 Å². The average molecular weight is 527 g/mol. The van der Waals surface area contributed by atoms with Gasteiger partial charge in [-0.05, 0) is 98.3 Å². The van der Waals surface area contributed by atoms with E-state index in [1.54, 1.807) is 11.3 Å². The van der Waals surface area contributed by atoms with E-state index in [1.165, 1.54) is 21.2 Å². The predicted octanol–water partition coefficient (Wildman–Crippen LogP) is 5.99. The van der Waals surface area contributed by atoms with Crippen molar-refractivity contribution in [2.24, 2.45) is 0 Å². The highest BCUT2D eigenvalue weighted by molar-refractivity contribution is 7.86. The Bertz CT molecular complexity index is 1470. The van der Waals surface area contributed by atoms with Crippen LogP contribution in [-0.2, 0) is 14.3 Å². The summed E-state index contributed by atoms with van der Waals surface area (Å²) in [6, 6.07) is 15.1. The maximum Gasteiger partial charge on any atom is 0.264 e. The van der Waals surface area contributed by atoms with Gasteiger partial charge in [-0.2, -0.15) is 8.42 Å². The first-order valence-electron chi connectivity index (χ1n) is 12.5. The second-order valence-electron chi connectivity index (χ2n) is 10.1. The van der Waals surface area contributed by atoms with Crippen molar-refractivity contribution in [1.82, 2.24) is 9.88 Å². The van der Waals surface area contributed by atoms with Crippen LogP contribution in [0.3, 0.4) is 0 Å². The summed E-state index contributed by atoms with van der Waals surface area (Å²) < 4.78 is 37.0. The summed E-state index contributed by atoms with van der Waals surface area (Å²) in [6.07, 6.45) is 2.59. The fraction of sp³-hybridized carbons (Fsp3) is 0.429. The number of nitrogens with one attached hydrogen (secondary N) is 1. The third kappa shape index (κ3) is 5.62. The first-order chi connectivity index (χ1) is 17.2. The van der Waals surface area contributed by atoms with E-state index in [9.17, 15) is 8.42 Å². The zero-order valence-corrected chi connectivity index (χ0v) is 22.9. The zero-order chi connectivity index (χ0) is 25.4. The molecule has 0 spiro atoms. The number of rotatable bonds is 8. The molecule has 1 aliphatic rings. The predicted molar refractivity (Wildman–Crippen MR) is 148 cm³/mol. The van der Waals surface area contributed by atoms with Gasteiger partial charge in [0.2, 0.25) is 0 Å². The lowest BCUT2D eigenvalue weighted by Gasteiger charge is -2.39. The molecule has 0 amide bonds. The summed E-state index contributed by atoms with van der Waals surface area (Å²) in [7, 11) is -3.62. The largest absolute Gasteiger partial charge is 0.490 e. The molecule has 8 heteroatoms. The molecular weight excluding hydrogens is 492 g/mol. The van der Waals surface area contributed by atoms with E-state index < -0.39 is 16.2 Å². The van der Waals surface area contributed by atoms with Crippen molar-refractivity contribution in [3.8, 4) is 5.75 Å². The summed E-state index contributed by atoms with van der Waals surface area (Å²) in [6.45, 7) is 7.97. The Morgan fingerprint density at radius 2 is 2.00 bits per heavy atom. The number of fused-ring (bicyclic) bond motifs is 2. The van der Waals surface area contributed by atoms with E-state index >= 15 is 0 Å². The van der Waals surface area contributed by atoms with E-state index in [0.717, 1.165) is 48.0 Å². The maximum atomic E-state index is 12.0. The number of benzene rings is 2. The zero-order valence-electron chi connectivity index (χ0n) is 21.3. The fourth-order valence-electron chi connectivity index (χ4n) is 5.42. The number of likely N-dealkylation sites (tertiary alicyclic amines) is 1. The van der Waals surface area contributed by atoms with Crippen LogP contribution >= 0.6 is 11.3 Å². The number of aromatic amines is 1. The smallest absolute Gasteiger partial charge is 0.264 e. The summed E-state index contributed by atoms with van der Waals surface area (Å²) in [5.74, 6) is 1.23. The lowest BCUT2D eigenvalue weighted by atomic mass is 9.85. The third-order valence-corrected chi connectivity index (χ3v) is 8.91. The minimum absolute atomic E-state index is 0.164. The Balaban J connectivity index is 1.26. The van der Waals surface area contributed by atoms with Crippen LogP contribution in [0.1, 0.15) is 42.5 Å². The molecule has 0 saturated carbocycles. The van der Waals surface area contributed by atoms with Gasteiger partial charge in [0.05, 0.1) is 6.26 Å². The van der Waals surface area contributed by atoms with Gasteiger partial charge in [0.25, 0.3) is 10.1 Å². The second-order valence-corrected chi connectivity index (χ2v) is 12.7. The van der Waals surface area contributed by atoms with Gasteiger partial charge in [0, 0.05) is 33.9 Å². The average Bonchev–Trinajstić information content (AvgIpc) is 3.39. The van der Waals surface area contributed by atoms with Gasteiger partial charge < -0.3 is 9.72 Å². The van der Waals surface area contributed by atoms with E-state index in [-0.39, 0.29) is 6.61 Å². The van der Waals surface area contributed by atoms with Crippen molar-refractivity contribution >= 4 is 42.4 Å². The van der Waals surface area contributed by atoms with Crippen LogP contribution in [0.15, 0.2) is 47.8 Å². The number of aromatic nitrogens is 1. The number of hydrogen-bond donors (Lipinski definition) is 1. The van der Waals surface area contributed by atoms with Gasteiger partial charge in [-0.1, -0.05) is 12.1 Å². The Morgan fingerprint density at radius 3 is 2.78 bits per heavy atom. The minimum atomic E-state index is -3.62. The molecule has 1 N–H and O–H groups in total. The molecule has 4 aromatic rings. The molecule has 1 aliphatic heterocycles. The van der Waals surface area contributed by atoms with Crippen molar-refractivity contribution in [3.05, 3.63) is 64.7 Å². The molecule has 0 radical (unpaired) electrons. The number of H-pyrrole nitrogens is 1. The molecule has 3 atom stereocenters. The Morgan fingerprint density at radius 1 is 1.17 bits per heavy atom. The third-order valence-electron chi connectivity index (χ3n) is 7.21. The normalized spacial score (nSPS) is 20.2. The van der Waals surface area contributed by atoms with Gasteiger partial charge >= 0.3 is 0 Å². The number of thiophene rings is 1. The SMILES string of the molecule is Cc1cc2c(OC[C@H](CN3CC[C@@H](c4ccc5scc(C)c5c4)C[C@@H]3C)OS(C)(=O)=O)cccc2[nH]1. The van der Waals surface area contributed by atoms with Crippen molar-refractivity contribution in [3.63, 3.8) is 0 Å². The molecule has 192 valence electrons. The number of piperidine rings is 1. The summed E-state index contributed by atoms with van der Waals surface area (Å²) in [4.78, 5) is 5.65. The second kappa shape index (κ2) is 10.2. The lowest BCUT2D eigenvalue weighted by Crippen LogP contribution is -2.46. The van der Waals surface area contributed by atoms with Gasteiger partial charge in [-0.3, -0.25) is 9.08 Å². The number of ether oxygens (including phenoxy) is 1. The van der Waals surface area contributed by atoms with Crippen molar-refractivity contribution < 1.29 is 17.3 Å². The van der Waals surface area contributed by atoms with E-state index in [2.05, 4.69) is 47.3 Å². The number of hydrogen-bond acceptors (Lipinski definition) is 6. The minimum Gasteiger partial charge on any atom is -0.490 e. The van der Waals surface area contributed by atoms with Gasteiger partial charge in [0.1, 0.15) is 18.5 Å². The summed E-state index contributed by atoms with van der Waals surface area (Å²) in [5.41, 5.74) is 4.79. The van der Waals surface area contributed by atoms with Gasteiger partial charge in [-0.25, -0.2) is 0 Å². The van der Waals surface area contributed by atoms with Crippen LogP contribution in [0.4, 0.5) is 0 Å². The topological polar surface area (TPSA) is 71.6 Å². The Hall–Kier alpha value is -2.39. The summed E-state index contributed by atoms with van der Waals surface area (Å²) >= 11 is 1.80. The molecule has 0 aliphatic carbocycles. The lowest BCUT2D eigenvalue weighted by molar-refractivity contribution is 0.0583. The number of aryl methyl sites for hydroxylation is 2. The monoisotopic (exact) mass is 526 g/mol. The number of nitrogens with zero attached hydrogens (tertiary/aromatic N) is 1. The van der Waals surface area contributed by atoms with E-state index in [4.69, 9.17) is 8.92 Å². The molecule has 3 heterocycles. The highest BCUT2D eigenvalue weighted by Crippen LogP contribution is 2.35. The van der Waals surface area contributed by atoms with Crippen molar-refractivity contribution in [1.29, 1.82) is 0 Å². The highest BCUT2D eigenvalue weighted by atomic mass is 32.2. The van der Waals surface area contributed by atoms with E-state index in [0.29, 0.717) is 18.5 Å². The first-order valence-corrected chi connectivity index (χ1v) is 15.2. The molecule has 36 heavy (non-hydrogen) atoms. The quantitative estimate of drug-likeness (QED) is 0.286. The molecule has 0 unspecified atom stereocenters. The molecule has 0 bridgehead atoms. The van der Waals surface area contributed by atoms with Crippen molar-refractivity contribution in [2.75, 3.05) is 26.0 Å². The van der Waals surface area contributed by atoms with Crippen LogP contribution < -0.4 is 4.74 Å². The Kier molecular flexibility index (Phi) is 7.14. The molecule has 2 aromatic carbocycles. The van der Waals surface area contributed by atoms with Gasteiger partial charge in [-0.15, -0.1) is 11.3 Å². The maximum absolute atomic E-state index is 12.0. The van der Waals surface area contributed by atoms with Gasteiger partial charge in [0.15, 0.2) is 0 Å². The van der Waals surface area contributed by atoms with Crippen LogP contribution in [0.25, 0.3) is 21.0 Å². The molecule has 5 rings (SSSR count). The van der Waals surface area contributed by atoms with Crippen LogP contribution in [0, 0.1) is 13.8 Å². The van der Waals surface area contributed by atoms with Crippen LogP contribution in [-0.4, -0.2) is 56.4 Å². The Labute approximate surface area is 217 Å². The fourth-order valence-corrected chi connectivity index (χ4v) is 6.95. The highest BCUT2D eigenvalue weighted by Gasteiger charge is 2.30. The summed E-state index contributed by atoms with van der Waals surface area (Å²) in [5, 5.41) is 4.57. The molecular formula is C28H34N2O4S2. The molecule has 1 fully saturated rings. The molecule has 1 saturated heterocycles. The van der Waals surface area contributed by atoms with E-state index in [1.807, 2.05) is 31.2 Å².